The summed E-state index contributed by atoms with van der Waals surface area (Å²) in [5.41, 5.74) is 8.30. The molecule has 3 heteroatoms. The summed E-state index contributed by atoms with van der Waals surface area (Å²) in [5.74, 6) is 0. The maximum Gasteiger partial charge on any atom is 0.124 e. The summed E-state index contributed by atoms with van der Waals surface area (Å²) in [4.78, 5) is 5.00. The minimum Gasteiger partial charge on any atom is -0.309 e. The van der Waals surface area contributed by atoms with Gasteiger partial charge in [0.05, 0.1) is 21.3 Å². The molecule has 0 aliphatic carbocycles. The van der Waals surface area contributed by atoms with Gasteiger partial charge in [0.25, 0.3) is 0 Å². The normalized spacial score (nSPS) is 11.8. The van der Waals surface area contributed by atoms with E-state index < -0.39 is 0 Å². The van der Waals surface area contributed by atoms with Crippen LogP contribution in [0.4, 0.5) is 0 Å². The van der Waals surface area contributed by atoms with Crippen molar-refractivity contribution in [1.29, 1.82) is 0 Å². The summed E-state index contributed by atoms with van der Waals surface area (Å²) in [6.07, 6.45) is 0. The summed E-state index contributed by atoms with van der Waals surface area (Å²) < 4.78 is 3.62. The molecule has 2 aromatic heterocycles. The van der Waals surface area contributed by atoms with Crippen molar-refractivity contribution in [2.45, 2.75) is 0 Å². The Morgan fingerprint density at radius 3 is 2.05 bits per heavy atom. The minimum atomic E-state index is 1.06. The molecule has 0 fully saturated rings. The number of thiazole rings is 1. The van der Waals surface area contributed by atoms with Gasteiger partial charge in [-0.05, 0) is 69.8 Å². The standard InChI is InChI=1S/C39H24N2S/c1-3-9-26(10-4-1)39-40-34-21-18-25-15-16-29-23-27(17-20-31(29)37(25)38(34)42-39)28-19-22-36-33(24-28)32-13-7-8-14-35(32)41(36)30-11-5-2-6-12-30/h1-24H. The first-order chi connectivity index (χ1) is 20.8. The number of aromatic nitrogens is 2. The highest BCUT2D eigenvalue weighted by atomic mass is 32.1. The Labute approximate surface area is 246 Å². The van der Waals surface area contributed by atoms with E-state index in [4.69, 9.17) is 4.98 Å². The number of fused-ring (bicyclic) bond motifs is 8. The molecule has 42 heavy (non-hydrogen) atoms. The fraction of sp³-hybridized carbons (Fsp3) is 0. The van der Waals surface area contributed by atoms with Crippen LogP contribution in [-0.2, 0) is 0 Å². The molecule has 0 amide bonds. The number of para-hydroxylation sites is 2. The van der Waals surface area contributed by atoms with E-state index in [0.717, 1.165) is 10.5 Å². The van der Waals surface area contributed by atoms with Crippen LogP contribution in [0.5, 0.6) is 0 Å². The highest BCUT2D eigenvalue weighted by Crippen LogP contribution is 2.40. The van der Waals surface area contributed by atoms with Gasteiger partial charge in [0.1, 0.15) is 5.01 Å². The predicted molar refractivity (Wildman–Crippen MR) is 180 cm³/mol. The van der Waals surface area contributed by atoms with E-state index in [9.17, 15) is 0 Å². The van der Waals surface area contributed by atoms with Crippen LogP contribution in [-0.4, -0.2) is 9.55 Å². The van der Waals surface area contributed by atoms with Gasteiger partial charge in [-0.3, -0.25) is 0 Å². The Hall–Kier alpha value is -5.25. The Kier molecular flexibility index (Phi) is 5.10. The van der Waals surface area contributed by atoms with Gasteiger partial charge in [-0.25, -0.2) is 4.98 Å². The fourth-order valence-corrected chi connectivity index (χ4v) is 7.56. The smallest absolute Gasteiger partial charge is 0.124 e. The van der Waals surface area contributed by atoms with Crippen LogP contribution in [0.15, 0.2) is 146 Å². The lowest BCUT2D eigenvalue weighted by molar-refractivity contribution is 1.18. The fourth-order valence-electron chi connectivity index (χ4n) is 6.42. The second kappa shape index (κ2) is 9.13. The third-order valence-electron chi connectivity index (χ3n) is 8.39. The van der Waals surface area contributed by atoms with Crippen molar-refractivity contribution in [3.05, 3.63) is 146 Å². The van der Waals surface area contributed by atoms with Crippen LogP contribution in [0.3, 0.4) is 0 Å². The number of nitrogens with zero attached hydrogens (tertiary/aromatic N) is 2. The molecule has 2 nitrogen and oxygen atoms in total. The largest absolute Gasteiger partial charge is 0.309 e. The first-order valence-electron chi connectivity index (χ1n) is 14.2. The molecule has 0 atom stereocenters. The van der Waals surface area contributed by atoms with Gasteiger partial charge in [-0.1, -0.05) is 103 Å². The molecule has 0 aliphatic heterocycles. The third kappa shape index (κ3) is 3.54. The van der Waals surface area contributed by atoms with Crippen molar-refractivity contribution >= 4 is 64.9 Å². The Morgan fingerprint density at radius 2 is 1.17 bits per heavy atom. The number of hydrogen-bond acceptors (Lipinski definition) is 2. The zero-order chi connectivity index (χ0) is 27.6. The molecule has 7 aromatic carbocycles. The Morgan fingerprint density at radius 1 is 0.476 bits per heavy atom. The molecule has 2 heterocycles. The number of hydrogen-bond donors (Lipinski definition) is 0. The monoisotopic (exact) mass is 552 g/mol. The highest BCUT2D eigenvalue weighted by molar-refractivity contribution is 7.22. The zero-order valence-corrected chi connectivity index (χ0v) is 23.5. The molecular formula is C39H24N2S. The van der Waals surface area contributed by atoms with Gasteiger partial charge in [0.2, 0.25) is 0 Å². The first-order valence-corrected chi connectivity index (χ1v) is 15.0. The van der Waals surface area contributed by atoms with Crippen molar-refractivity contribution < 1.29 is 0 Å². The van der Waals surface area contributed by atoms with Gasteiger partial charge in [-0.2, -0.15) is 0 Å². The summed E-state index contributed by atoms with van der Waals surface area (Å²) in [5, 5.41) is 8.66. The Balaban J connectivity index is 1.22. The van der Waals surface area contributed by atoms with Crippen molar-refractivity contribution in [3.8, 4) is 27.4 Å². The highest BCUT2D eigenvalue weighted by Gasteiger charge is 2.15. The predicted octanol–water partition coefficient (Wildman–Crippen LogP) is 11.0. The lowest BCUT2D eigenvalue weighted by atomic mass is 9.96. The molecule has 9 rings (SSSR count). The third-order valence-corrected chi connectivity index (χ3v) is 9.53. The van der Waals surface area contributed by atoms with Crippen LogP contribution in [0.25, 0.3) is 81.0 Å². The van der Waals surface area contributed by atoms with Gasteiger partial charge in [-0.15, -0.1) is 11.3 Å². The molecular weight excluding hydrogens is 529 g/mol. The average Bonchev–Trinajstić information content (AvgIpc) is 3.64. The molecule has 0 unspecified atom stereocenters. The van der Waals surface area contributed by atoms with Gasteiger partial charge in [0, 0.05) is 27.4 Å². The minimum absolute atomic E-state index is 1.06. The van der Waals surface area contributed by atoms with Crippen LogP contribution < -0.4 is 0 Å². The van der Waals surface area contributed by atoms with E-state index >= 15 is 0 Å². The topological polar surface area (TPSA) is 17.8 Å². The number of rotatable bonds is 3. The lowest BCUT2D eigenvalue weighted by Gasteiger charge is -2.09. The van der Waals surface area contributed by atoms with E-state index in [1.165, 1.54) is 70.4 Å². The van der Waals surface area contributed by atoms with Gasteiger partial charge < -0.3 is 4.57 Å². The molecule has 196 valence electrons. The summed E-state index contributed by atoms with van der Waals surface area (Å²) in [6.45, 7) is 0. The molecule has 0 saturated heterocycles. The lowest BCUT2D eigenvalue weighted by Crippen LogP contribution is -1.92. The van der Waals surface area contributed by atoms with Crippen LogP contribution in [0.2, 0.25) is 0 Å². The summed E-state index contributed by atoms with van der Waals surface area (Å²) >= 11 is 1.78. The maximum absolute atomic E-state index is 5.00. The summed E-state index contributed by atoms with van der Waals surface area (Å²) in [6, 6.07) is 52.5. The molecule has 0 bridgehead atoms. The van der Waals surface area contributed by atoms with Crippen LogP contribution in [0.1, 0.15) is 0 Å². The van der Waals surface area contributed by atoms with Gasteiger partial charge >= 0.3 is 0 Å². The zero-order valence-electron chi connectivity index (χ0n) is 22.7. The van der Waals surface area contributed by atoms with Gasteiger partial charge in [0.15, 0.2) is 0 Å². The average molecular weight is 553 g/mol. The molecule has 9 aromatic rings. The SMILES string of the molecule is c1ccc(-c2nc3ccc4ccc5cc(-c6ccc7c(c6)c6ccccc6n7-c6ccccc6)ccc5c4c3s2)cc1. The summed E-state index contributed by atoms with van der Waals surface area (Å²) in [7, 11) is 0. The molecule has 0 N–H and O–H groups in total. The van der Waals surface area contributed by atoms with Crippen molar-refractivity contribution in [3.63, 3.8) is 0 Å². The second-order valence-corrected chi connectivity index (χ2v) is 11.8. The quantitative estimate of drug-likeness (QED) is 0.199. The number of benzene rings is 7. The molecule has 0 saturated carbocycles. The first kappa shape index (κ1) is 23.5. The molecule has 0 spiro atoms. The Bertz CT molecular complexity index is 2450. The van der Waals surface area contributed by atoms with E-state index in [1.807, 2.05) is 0 Å². The maximum atomic E-state index is 5.00. The van der Waals surface area contributed by atoms with Crippen LogP contribution >= 0.6 is 11.3 Å². The van der Waals surface area contributed by atoms with E-state index in [1.54, 1.807) is 11.3 Å². The van der Waals surface area contributed by atoms with Crippen LogP contribution in [0, 0.1) is 0 Å². The molecule has 0 aliphatic rings. The van der Waals surface area contributed by atoms with Crippen molar-refractivity contribution in [2.75, 3.05) is 0 Å². The van der Waals surface area contributed by atoms with E-state index in [0.29, 0.717) is 0 Å². The van der Waals surface area contributed by atoms with E-state index in [2.05, 4.69) is 150 Å². The second-order valence-electron chi connectivity index (χ2n) is 10.8. The van der Waals surface area contributed by atoms with E-state index in [-0.39, 0.29) is 0 Å². The molecule has 0 radical (unpaired) electrons. The van der Waals surface area contributed by atoms with Crippen molar-refractivity contribution in [1.82, 2.24) is 9.55 Å². The van der Waals surface area contributed by atoms with Crippen molar-refractivity contribution in [2.24, 2.45) is 0 Å².